The number of rotatable bonds is 10. The number of aliphatic imine (C=N–C) groups is 1. The summed E-state index contributed by atoms with van der Waals surface area (Å²) in [5.74, 6) is -0.563. The molecule has 178 valence electrons. The maximum Gasteiger partial charge on any atom is 0.251 e. The quantitative estimate of drug-likeness (QED) is 0.105. The molecule has 0 unspecified atom stereocenters. The van der Waals surface area contributed by atoms with Gasteiger partial charge < -0.3 is 21.7 Å². The molecule has 32 heavy (non-hydrogen) atoms. The van der Waals surface area contributed by atoms with E-state index in [2.05, 4.69) is 20.9 Å². The van der Waals surface area contributed by atoms with Crippen molar-refractivity contribution in [1.82, 2.24) is 16.1 Å². The Morgan fingerprint density at radius 3 is 2.72 bits per heavy atom. The fraction of sp³-hybridized carbons (Fsp3) is 0.500. The Morgan fingerprint density at radius 2 is 2.03 bits per heavy atom. The lowest BCUT2D eigenvalue weighted by atomic mass is 10.1. The van der Waals surface area contributed by atoms with E-state index in [0.29, 0.717) is 54.5 Å². The number of carbonyl (C=O) groups is 2. The average molecular weight is 511 g/mol. The van der Waals surface area contributed by atoms with Gasteiger partial charge in [-0.3, -0.25) is 9.59 Å². The van der Waals surface area contributed by atoms with E-state index in [1.54, 1.807) is 23.6 Å². The molecule has 2 atom stereocenters. The number of anilines is 1. The summed E-state index contributed by atoms with van der Waals surface area (Å²) < 4.78 is 0. The zero-order valence-electron chi connectivity index (χ0n) is 17.1. The van der Waals surface area contributed by atoms with Gasteiger partial charge in [-0.05, 0) is 37.5 Å². The fourth-order valence-corrected chi connectivity index (χ4v) is 3.51. The summed E-state index contributed by atoms with van der Waals surface area (Å²) in [5, 5.41) is 19.0. The van der Waals surface area contributed by atoms with Crippen LogP contribution in [-0.2, 0) is 9.59 Å². The molecule has 2 rings (SSSR count). The van der Waals surface area contributed by atoms with Gasteiger partial charge in [0.05, 0.1) is 16.8 Å². The molecule has 1 fully saturated rings. The molecule has 11 nitrogen and oxygen atoms in total. The molecule has 0 aliphatic carbocycles. The second-order valence-electron chi connectivity index (χ2n) is 7.02. The Morgan fingerprint density at radius 1 is 1.28 bits per heavy atom. The van der Waals surface area contributed by atoms with Crippen LogP contribution in [-0.4, -0.2) is 48.0 Å². The van der Waals surface area contributed by atoms with Crippen molar-refractivity contribution >= 4 is 59.1 Å². The van der Waals surface area contributed by atoms with Gasteiger partial charge >= 0.3 is 0 Å². The molecule has 6 N–H and O–H groups in total. The molecule has 1 heterocycles. The van der Waals surface area contributed by atoms with Gasteiger partial charge in [0.1, 0.15) is 0 Å². The van der Waals surface area contributed by atoms with E-state index in [-0.39, 0.29) is 36.2 Å². The van der Waals surface area contributed by atoms with Crippen molar-refractivity contribution < 1.29 is 14.6 Å². The van der Waals surface area contributed by atoms with Crippen LogP contribution in [0.5, 0.6) is 0 Å². The molecule has 1 aliphatic rings. The van der Waals surface area contributed by atoms with Crippen molar-refractivity contribution in [1.29, 1.82) is 0 Å². The van der Waals surface area contributed by atoms with Crippen molar-refractivity contribution in [3.63, 3.8) is 0 Å². The number of unbranched alkanes of at least 4 members (excludes halogenated alkanes) is 2. The fourth-order valence-electron chi connectivity index (χ4n) is 3.06. The number of carbonyl (C=O) groups excluding carboxylic acids is 2. The molecule has 0 radical (unpaired) electrons. The lowest BCUT2D eigenvalue weighted by Gasteiger charge is -2.13. The number of nitrogens with zero attached hydrogens (tertiary/aromatic N) is 2. The van der Waals surface area contributed by atoms with E-state index in [1.807, 2.05) is 0 Å². The third-order valence-electron chi connectivity index (χ3n) is 4.55. The summed E-state index contributed by atoms with van der Waals surface area (Å²) in [7, 11) is 0. The Bertz CT molecular complexity index is 841. The van der Waals surface area contributed by atoms with E-state index in [9.17, 15) is 19.7 Å². The van der Waals surface area contributed by atoms with E-state index < -0.39 is 11.1 Å². The monoisotopic (exact) mass is 509 g/mol. The minimum atomic E-state index is -0.776. The van der Waals surface area contributed by atoms with Crippen LogP contribution in [0.1, 0.15) is 32.1 Å². The molecule has 14 heteroatoms. The normalized spacial score (nSPS) is 17.9. The predicted octanol–water partition coefficient (Wildman–Crippen LogP) is 1.86. The second-order valence-corrected chi connectivity index (χ2v) is 7.86. The third kappa shape index (κ3) is 9.86. The Hall–Kier alpha value is -2.34. The van der Waals surface area contributed by atoms with Gasteiger partial charge in [0, 0.05) is 30.6 Å². The molecule has 1 aromatic rings. The highest BCUT2D eigenvalue weighted by Crippen LogP contribution is 2.25. The zero-order valence-corrected chi connectivity index (χ0v) is 19.4. The van der Waals surface area contributed by atoms with Crippen LogP contribution in [0.2, 0.25) is 10.0 Å². The minimum Gasteiger partial charge on any atom is -0.365 e. The van der Waals surface area contributed by atoms with Gasteiger partial charge in [-0.2, -0.15) is 0 Å². The molecular formula is C18H26Cl3N7O4. The van der Waals surface area contributed by atoms with Gasteiger partial charge in [0.2, 0.25) is 11.8 Å². The van der Waals surface area contributed by atoms with Crippen LogP contribution in [0.3, 0.4) is 0 Å². The molecule has 0 aromatic heterocycles. The van der Waals surface area contributed by atoms with Crippen LogP contribution in [0.4, 0.5) is 5.69 Å². The number of nitro groups is 1. The molecule has 0 bridgehead atoms. The summed E-state index contributed by atoms with van der Waals surface area (Å²) in [4.78, 5) is 38.5. The topological polar surface area (TPSA) is 164 Å². The largest absolute Gasteiger partial charge is 0.365 e. The first-order valence-corrected chi connectivity index (χ1v) is 10.5. The second kappa shape index (κ2) is 13.9. The summed E-state index contributed by atoms with van der Waals surface area (Å²) in [6.45, 7) is 0.838. The van der Waals surface area contributed by atoms with Gasteiger partial charge in [0.25, 0.3) is 5.96 Å². The lowest BCUT2D eigenvalue weighted by Crippen LogP contribution is -2.36. The number of nitrogens with one attached hydrogen (secondary N) is 4. The van der Waals surface area contributed by atoms with Crippen LogP contribution in [0.25, 0.3) is 0 Å². The smallest absolute Gasteiger partial charge is 0.251 e. The first kappa shape index (κ1) is 27.7. The Kier molecular flexibility index (Phi) is 12.1. The van der Waals surface area contributed by atoms with Crippen molar-refractivity contribution in [3.8, 4) is 0 Å². The highest BCUT2D eigenvalue weighted by atomic mass is 35.5. The lowest BCUT2D eigenvalue weighted by molar-refractivity contribution is -0.525. The molecule has 1 aromatic carbocycles. The van der Waals surface area contributed by atoms with E-state index in [0.717, 1.165) is 6.42 Å². The van der Waals surface area contributed by atoms with Gasteiger partial charge in [0.15, 0.2) is 5.03 Å². The number of guanidine groups is 1. The van der Waals surface area contributed by atoms with Gasteiger partial charge in [-0.1, -0.05) is 35.0 Å². The number of benzene rings is 1. The number of halogens is 3. The predicted molar refractivity (Wildman–Crippen MR) is 126 cm³/mol. The third-order valence-corrected chi connectivity index (χ3v) is 5.10. The number of hydrogen-bond acceptors (Lipinski definition) is 6. The number of nitrogens with two attached hydrogens (primary N) is 1. The zero-order chi connectivity index (χ0) is 22.8. The number of amides is 2. The van der Waals surface area contributed by atoms with Crippen LogP contribution >= 0.6 is 35.6 Å². The molecule has 2 amide bonds. The molecule has 1 aliphatic heterocycles. The summed E-state index contributed by atoms with van der Waals surface area (Å²) in [6, 6.07) is 4.25. The van der Waals surface area contributed by atoms with Crippen LogP contribution in [0, 0.1) is 10.1 Å². The van der Waals surface area contributed by atoms with Crippen LogP contribution in [0.15, 0.2) is 23.2 Å². The van der Waals surface area contributed by atoms with E-state index >= 15 is 0 Å². The SMILES string of the molecule is Cl.NC(=NCCCCCC(=O)N[C@@H]1CN[C@H](C(=O)Nc2ccc(Cl)cc2Cl)C1)N[N+](=O)[O-]. The summed E-state index contributed by atoms with van der Waals surface area (Å²) in [5.41, 5.74) is 7.54. The maximum atomic E-state index is 12.4. The van der Waals surface area contributed by atoms with Crippen molar-refractivity contribution in [2.45, 2.75) is 44.2 Å². The average Bonchev–Trinajstić information content (AvgIpc) is 3.14. The molecule has 0 spiro atoms. The van der Waals surface area contributed by atoms with Crippen molar-refractivity contribution in [3.05, 3.63) is 38.4 Å². The van der Waals surface area contributed by atoms with E-state index in [1.165, 1.54) is 0 Å². The number of hydrogen-bond donors (Lipinski definition) is 5. The molecule has 0 saturated carbocycles. The van der Waals surface area contributed by atoms with Crippen LogP contribution < -0.4 is 27.1 Å². The summed E-state index contributed by atoms with van der Waals surface area (Å²) >= 11 is 11.9. The molecule has 1 saturated heterocycles. The Balaban J connectivity index is 0.00000512. The summed E-state index contributed by atoms with van der Waals surface area (Å²) in [6.07, 6.45) is 2.87. The standard InChI is InChI=1S/C18H25Cl2N7O4.ClH/c19-11-5-6-14(13(20)8-11)25-17(29)15-9-12(10-23-15)24-16(28)4-2-1-3-7-22-18(21)26-27(30)31;/h5-6,8,12,15,23H,1-4,7,9-10H2,(H,24,28)(H,25,29)(H3,21,22,26);1H/t12-,15-;/m0./s1. The first-order chi connectivity index (χ1) is 14.7. The first-order valence-electron chi connectivity index (χ1n) is 9.74. The van der Waals surface area contributed by atoms with Gasteiger partial charge in [-0.25, -0.2) is 15.1 Å². The van der Waals surface area contributed by atoms with Gasteiger partial charge in [-0.15, -0.1) is 12.4 Å². The minimum absolute atomic E-state index is 0. The maximum absolute atomic E-state index is 12.4. The highest BCUT2D eigenvalue weighted by molar-refractivity contribution is 6.36. The molecular weight excluding hydrogens is 485 g/mol. The van der Waals surface area contributed by atoms with E-state index in [4.69, 9.17) is 28.9 Å². The highest BCUT2D eigenvalue weighted by Gasteiger charge is 2.30. The van der Waals surface area contributed by atoms with Crippen molar-refractivity contribution in [2.75, 3.05) is 18.4 Å². The number of hydrazine groups is 1. The Labute approximate surface area is 201 Å². The van der Waals surface area contributed by atoms with Crippen molar-refractivity contribution in [2.24, 2.45) is 10.7 Å².